The van der Waals surface area contributed by atoms with Gasteiger partial charge in [0.05, 0.1) is 6.61 Å². The van der Waals surface area contributed by atoms with Gasteiger partial charge in [0.1, 0.15) is 5.75 Å². The zero-order valence-corrected chi connectivity index (χ0v) is 24.4. The number of carbonyl (C=O) groups is 1. The summed E-state index contributed by atoms with van der Waals surface area (Å²) in [7, 11) is 0. The number of aromatic amines is 1. The molecule has 5 nitrogen and oxygen atoms in total. The van der Waals surface area contributed by atoms with Crippen molar-refractivity contribution in [3.8, 4) is 5.75 Å². The van der Waals surface area contributed by atoms with Crippen LogP contribution in [0, 0.1) is 6.42 Å². The summed E-state index contributed by atoms with van der Waals surface area (Å²) in [6.07, 6.45) is 10.2. The van der Waals surface area contributed by atoms with Crippen LogP contribution in [0.5, 0.6) is 5.75 Å². The molecule has 7 heteroatoms. The summed E-state index contributed by atoms with van der Waals surface area (Å²) >= 11 is 4.08. The summed E-state index contributed by atoms with van der Waals surface area (Å²) in [6, 6.07) is 14.2. The second-order valence-electron chi connectivity index (χ2n) is 8.59. The van der Waals surface area contributed by atoms with Gasteiger partial charge in [-0.15, -0.1) is 6.54 Å². The minimum absolute atomic E-state index is 0. The van der Waals surface area contributed by atoms with E-state index in [1.807, 2.05) is 35.2 Å². The van der Waals surface area contributed by atoms with Gasteiger partial charge in [0, 0.05) is 35.8 Å². The molecule has 0 atom stereocenters. The third kappa shape index (κ3) is 6.83. The Kier molecular flexibility index (Phi) is 11.3. The van der Waals surface area contributed by atoms with E-state index in [0.717, 1.165) is 62.3 Å². The van der Waals surface area contributed by atoms with Gasteiger partial charge in [-0.1, -0.05) is 18.2 Å². The Bertz CT molecular complexity index is 1060. The van der Waals surface area contributed by atoms with E-state index >= 15 is 0 Å². The van der Waals surface area contributed by atoms with Crippen molar-refractivity contribution in [2.45, 2.75) is 32.2 Å². The molecule has 2 aliphatic heterocycles. The Morgan fingerprint density at radius 3 is 2.76 bits per heavy atom. The Hall–Kier alpha value is -0.959. The van der Waals surface area contributed by atoms with Crippen LogP contribution in [-0.4, -0.2) is 105 Å². The van der Waals surface area contributed by atoms with Crippen LogP contribution >= 0.6 is 0 Å². The predicted octanol–water partition coefficient (Wildman–Crippen LogP) is 4.22. The minimum atomic E-state index is 0. The third-order valence-electron chi connectivity index (χ3n) is 6.46. The average Bonchev–Trinajstić information content (AvgIpc) is 3.59. The van der Waals surface area contributed by atoms with Crippen molar-refractivity contribution < 1.29 is 9.53 Å². The predicted molar refractivity (Wildman–Crippen MR) is 142 cm³/mol. The van der Waals surface area contributed by atoms with E-state index < -0.39 is 0 Å². The fourth-order valence-corrected chi connectivity index (χ4v) is 4.66. The molecule has 2 aromatic carbocycles. The molecule has 176 valence electrons. The van der Waals surface area contributed by atoms with Gasteiger partial charge >= 0.3 is 45.5 Å². The number of nitrogens with one attached hydrogen (secondary N) is 1. The van der Waals surface area contributed by atoms with Gasteiger partial charge in [-0.3, -0.25) is 4.79 Å². The van der Waals surface area contributed by atoms with Crippen LogP contribution in [0.1, 0.15) is 40.7 Å². The Morgan fingerprint density at radius 2 is 1.97 bits per heavy atom. The van der Waals surface area contributed by atoms with Gasteiger partial charge in [-0.05, 0) is 67.7 Å². The SMILES string of the molecule is C[S-].O=C1c2ccccc2CN1CCCCOc1ccc2[nH]cc(CCN3C[CH-]CC3)c2c1.[Sr+2]. The van der Waals surface area contributed by atoms with E-state index in [9.17, 15) is 4.79 Å². The number of aromatic nitrogens is 1. The number of hydrogen-bond acceptors (Lipinski definition) is 4. The van der Waals surface area contributed by atoms with Gasteiger partial charge in [0.25, 0.3) is 5.91 Å². The molecular weight excluding hydrogens is 518 g/mol. The van der Waals surface area contributed by atoms with Gasteiger partial charge in [0.2, 0.25) is 0 Å². The maximum atomic E-state index is 12.4. The van der Waals surface area contributed by atoms with Crippen molar-refractivity contribution in [2.24, 2.45) is 0 Å². The quantitative estimate of drug-likeness (QED) is 0.188. The van der Waals surface area contributed by atoms with Gasteiger partial charge in [-0.25, -0.2) is 0 Å². The van der Waals surface area contributed by atoms with E-state index in [2.05, 4.69) is 47.3 Å². The van der Waals surface area contributed by atoms with E-state index in [0.29, 0.717) is 6.61 Å². The van der Waals surface area contributed by atoms with Crippen molar-refractivity contribution in [3.63, 3.8) is 0 Å². The van der Waals surface area contributed by atoms with Crippen LogP contribution in [0.4, 0.5) is 0 Å². The molecule has 1 N–H and O–H groups in total. The van der Waals surface area contributed by atoms with Crippen molar-refractivity contribution in [1.29, 1.82) is 0 Å². The van der Waals surface area contributed by atoms with Crippen LogP contribution in [-0.2, 0) is 25.6 Å². The first-order chi connectivity index (χ1) is 16.3. The molecule has 0 bridgehead atoms. The average molecular weight is 551 g/mol. The molecule has 34 heavy (non-hydrogen) atoms. The number of benzene rings is 2. The number of rotatable bonds is 9. The standard InChI is InChI=1S/C26H30N3O2.CH4S.Sr/c30-26-23-8-2-1-7-21(23)19-29(26)14-5-6-16-31-22-9-10-25-24(17-22)20(18-27-25)11-15-28-12-3-4-13-28;1-2;/h1-3,7-10,17-18,27H,4-6,11-16,19H2;2H,1H3;/q-1;;+2/p-1. The molecule has 1 saturated heterocycles. The second-order valence-corrected chi connectivity index (χ2v) is 8.59. The summed E-state index contributed by atoms with van der Waals surface area (Å²) in [5.74, 6) is 1.08. The molecule has 1 aromatic heterocycles. The first-order valence-corrected chi connectivity index (χ1v) is 12.6. The molecule has 0 aliphatic carbocycles. The number of carbonyl (C=O) groups excluding carboxylic acids is 1. The van der Waals surface area contributed by atoms with E-state index in [4.69, 9.17) is 4.74 Å². The number of nitrogens with zero attached hydrogens (tertiary/aromatic N) is 2. The van der Waals surface area contributed by atoms with Crippen LogP contribution in [0.3, 0.4) is 0 Å². The van der Waals surface area contributed by atoms with Gasteiger partial charge in [0.15, 0.2) is 0 Å². The first-order valence-electron chi connectivity index (χ1n) is 11.8. The number of likely N-dealkylation sites (tertiary alicyclic amines) is 1. The summed E-state index contributed by atoms with van der Waals surface area (Å²) in [6.45, 7) is 5.60. The van der Waals surface area contributed by atoms with Crippen LogP contribution in [0.15, 0.2) is 48.7 Å². The molecule has 0 spiro atoms. The molecule has 1 fully saturated rings. The summed E-state index contributed by atoms with van der Waals surface area (Å²) in [5.41, 5.74) is 4.53. The van der Waals surface area contributed by atoms with Crippen molar-refractivity contribution >= 4 is 74.9 Å². The van der Waals surface area contributed by atoms with Crippen LogP contribution in [0.2, 0.25) is 0 Å². The summed E-state index contributed by atoms with van der Waals surface area (Å²) in [5, 5.41) is 1.26. The smallest absolute Gasteiger partial charge is 0.796 e. The van der Waals surface area contributed by atoms with E-state index in [1.165, 1.54) is 29.4 Å². The normalized spacial score (nSPS) is 15.1. The van der Waals surface area contributed by atoms with Gasteiger partial charge in [-0.2, -0.15) is 12.7 Å². The Balaban J connectivity index is 0.00000105. The van der Waals surface area contributed by atoms with Crippen molar-refractivity contribution in [3.05, 3.63) is 71.8 Å². The number of hydrogen-bond donors (Lipinski definition) is 1. The first kappa shape index (κ1) is 27.6. The summed E-state index contributed by atoms with van der Waals surface area (Å²) < 4.78 is 6.04. The number of unbranched alkanes of at least 4 members (excludes halogenated alkanes) is 1. The second kappa shape index (κ2) is 14.0. The van der Waals surface area contributed by atoms with Crippen LogP contribution < -0.4 is 4.74 Å². The zero-order chi connectivity index (χ0) is 23.0. The van der Waals surface area contributed by atoms with Gasteiger partial charge < -0.3 is 38.6 Å². The topological polar surface area (TPSA) is 48.6 Å². The minimum Gasteiger partial charge on any atom is -0.796 e. The van der Waals surface area contributed by atoms with Crippen LogP contribution in [0.25, 0.3) is 10.9 Å². The summed E-state index contributed by atoms with van der Waals surface area (Å²) in [4.78, 5) is 20.3. The molecule has 0 unspecified atom stereocenters. The molecule has 0 saturated carbocycles. The molecule has 3 heterocycles. The molecule has 3 aromatic rings. The Morgan fingerprint density at radius 1 is 1.12 bits per heavy atom. The number of fused-ring (bicyclic) bond motifs is 2. The molecular formula is C27H33N3O2SSr. The molecule has 2 aliphatic rings. The monoisotopic (exact) mass is 551 g/mol. The fraction of sp³-hybridized carbons (Fsp3) is 0.407. The maximum absolute atomic E-state index is 12.4. The molecule has 0 radical (unpaired) electrons. The van der Waals surface area contributed by atoms with Crippen molar-refractivity contribution in [2.75, 3.05) is 39.0 Å². The largest absolute Gasteiger partial charge is 2.00 e. The van der Waals surface area contributed by atoms with E-state index in [1.54, 1.807) is 6.26 Å². The maximum Gasteiger partial charge on any atom is 2.00 e. The zero-order valence-electron chi connectivity index (χ0n) is 20.1. The van der Waals surface area contributed by atoms with E-state index in [-0.39, 0.29) is 51.4 Å². The molecule has 5 rings (SSSR count). The third-order valence-corrected chi connectivity index (χ3v) is 6.46. The fourth-order valence-electron chi connectivity index (χ4n) is 4.66. The molecule has 1 amide bonds. The van der Waals surface area contributed by atoms with Crippen molar-refractivity contribution in [1.82, 2.24) is 14.8 Å². The Labute approximate surface area is 245 Å². The number of H-pyrrole nitrogens is 1. The number of ether oxygens (including phenoxy) is 1. The number of amides is 1.